The summed E-state index contributed by atoms with van der Waals surface area (Å²) < 4.78 is 0. The second-order valence-corrected chi connectivity index (χ2v) is 3.08. The first-order valence-corrected chi connectivity index (χ1v) is 3.91. The Morgan fingerprint density at radius 3 is 2.55 bits per heavy atom. The van der Waals surface area contributed by atoms with Crippen molar-refractivity contribution in [3.05, 3.63) is 0 Å². The molecule has 0 saturated carbocycles. The minimum atomic E-state index is -0.692. The zero-order valence-electron chi connectivity index (χ0n) is 6.40. The van der Waals surface area contributed by atoms with Gasteiger partial charge in [-0.15, -0.1) is 0 Å². The Morgan fingerprint density at radius 2 is 1.91 bits per heavy atom. The molecule has 0 aromatic carbocycles. The Morgan fingerprint density at radius 1 is 1.18 bits per heavy atom. The van der Waals surface area contributed by atoms with Gasteiger partial charge in [-0.25, -0.2) is 0 Å². The molecule has 66 valence electrons. The molecule has 1 rings (SSSR count). The zero-order valence-corrected chi connectivity index (χ0v) is 6.40. The molecule has 1 heterocycles. The first-order valence-electron chi connectivity index (χ1n) is 3.91. The lowest BCUT2D eigenvalue weighted by Gasteiger charge is -2.15. The monoisotopic (exact) mass is 161 g/mol. The average molecular weight is 161 g/mol. The van der Waals surface area contributed by atoms with Gasteiger partial charge in [-0.05, 0) is 12.3 Å². The van der Waals surface area contributed by atoms with E-state index in [1.165, 1.54) is 0 Å². The highest BCUT2D eigenvalue weighted by atomic mass is 16.3. The Labute approximate surface area is 65.9 Å². The maximum absolute atomic E-state index is 9.26. The van der Waals surface area contributed by atoms with E-state index in [2.05, 4.69) is 5.32 Å². The van der Waals surface area contributed by atoms with E-state index in [0.717, 1.165) is 0 Å². The van der Waals surface area contributed by atoms with Gasteiger partial charge in [-0.3, -0.25) is 0 Å². The minimum absolute atomic E-state index is 0.0663. The molecule has 3 atom stereocenters. The molecular weight excluding hydrogens is 146 g/mol. The standard InChI is InChI=1S/C7H15NO3/c9-4-5-1-6(10)7(11)3-8-2-5/h5-11H,1-4H2/t5-,6+,7-/m0/s1. The van der Waals surface area contributed by atoms with Gasteiger partial charge in [0.2, 0.25) is 0 Å². The molecule has 0 amide bonds. The molecular formula is C7H15NO3. The molecule has 1 aliphatic rings. The Hall–Kier alpha value is -0.160. The van der Waals surface area contributed by atoms with Crippen LogP contribution in [-0.4, -0.2) is 47.2 Å². The van der Waals surface area contributed by atoms with Crippen molar-refractivity contribution >= 4 is 0 Å². The van der Waals surface area contributed by atoms with Crippen LogP contribution in [0.1, 0.15) is 6.42 Å². The lowest BCUT2D eigenvalue weighted by Crippen LogP contribution is -2.32. The SMILES string of the molecule is OC[C@@H]1CNC[C@H](O)[C@H](O)C1. The largest absolute Gasteiger partial charge is 0.396 e. The van der Waals surface area contributed by atoms with Crippen LogP contribution in [-0.2, 0) is 0 Å². The van der Waals surface area contributed by atoms with Crippen LogP contribution >= 0.6 is 0 Å². The van der Waals surface area contributed by atoms with E-state index in [9.17, 15) is 10.2 Å². The third-order valence-corrected chi connectivity index (χ3v) is 2.06. The number of nitrogens with one attached hydrogen (secondary N) is 1. The lowest BCUT2D eigenvalue weighted by atomic mass is 10.0. The van der Waals surface area contributed by atoms with E-state index in [-0.39, 0.29) is 12.5 Å². The lowest BCUT2D eigenvalue weighted by molar-refractivity contribution is 0.0137. The fraction of sp³-hybridized carbons (Fsp3) is 1.00. The summed E-state index contributed by atoms with van der Waals surface area (Å²) in [6.07, 6.45) is -0.904. The number of hydrogen-bond acceptors (Lipinski definition) is 4. The van der Waals surface area contributed by atoms with E-state index in [1.54, 1.807) is 0 Å². The number of hydrogen-bond donors (Lipinski definition) is 4. The van der Waals surface area contributed by atoms with E-state index in [4.69, 9.17) is 5.11 Å². The van der Waals surface area contributed by atoms with Gasteiger partial charge in [0.15, 0.2) is 0 Å². The molecule has 0 aromatic heterocycles. The zero-order chi connectivity index (χ0) is 8.27. The van der Waals surface area contributed by atoms with Gasteiger partial charge in [-0.1, -0.05) is 0 Å². The fourth-order valence-electron chi connectivity index (χ4n) is 1.29. The van der Waals surface area contributed by atoms with Crippen molar-refractivity contribution < 1.29 is 15.3 Å². The quantitative estimate of drug-likeness (QED) is 0.370. The van der Waals surface area contributed by atoms with Crippen molar-refractivity contribution in [3.8, 4) is 0 Å². The summed E-state index contributed by atoms with van der Waals surface area (Å²) in [6, 6.07) is 0. The van der Waals surface area contributed by atoms with Crippen molar-refractivity contribution in [2.75, 3.05) is 19.7 Å². The molecule has 0 radical (unpaired) electrons. The van der Waals surface area contributed by atoms with Crippen molar-refractivity contribution in [1.82, 2.24) is 5.32 Å². The normalized spacial score (nSPS) is 40.1. The van der Waals surface area contributed by atoms with E-state index >= 15 is 0 Å². The molecule has 1 saturated heterocycles. The molecule has 0 bridgehead atoms. The molecule has 4 heteroatoms. The summed E-state index contributed by atoms with van der Waals surface area (Å²) in [4.78, 5) is 0. The molecule has 0 spiro atoms. The summed E-state index contributed by atoms with van der Waals surface area (Å²) in [5.74, 6) is 0.0714. The number of β-amino-alcohol motifs (C(OH)–C–C–N with tert-alkyl or cyclic N) is 1. The van der Waals surface area contributed by atoms with E-state index in [0.29, 0.717) is 19.5 Å². The Kier molecular flexibility index (Phi) is 3.26. The predicted molar refractivity (Wildman–Crippen MR) is 40.1 cm³/mol. The van der Waals surface area contributed by atoms with Crippen LogP contribution in [0.3, 0.4) is 0 Å². The highest BCUT2D eigenvalue weighted by Gasteiger charge is 2.23. The number of aliphatic hydroxyl groups is 3. The Bertz CT molecular complexity index is 120. The average Bonchev–Trinajstić information content (AvgIpc) is 2.15. The first kappa shape index (κ1) is 8.93. The van der Waals surface area contributed by atoms with Crippen molar-refractivity contribution in [1.29, 1.82) is 0 Å². The van der Waals surface area contributed by atoms with Crippen LogP contribution in [0.25, 0.3) is 0 Å². The number of rotatable bonds is 1. The molecule has 0 aliphatic carbocycles. The maximum Gasteiger partial charge on any atom is 0.0923 e. The molecule has 11 heavy (non-hydrogen) atoms. The van der Waals surface area contributed by atoms with Crippen molar-refractivity contribution in [2.45, 2.75) is 18.6 Å². The third kappa shape index (κ3) is 2.41. The summed E-state index contributed by atoms with van der Waals surface area (Å²) >= 11 is 0. The molecule has 1 fully saturated rings. The molecule has 4 nitrogen and oxygen atoms in total. The van der Waals surface area contributed by atoms with Crippen molar-refractivity contribution in [2.24, 2.45) is 5.92 Å². The molecule has 0 aromatic rings. The molecule has 4 N–H and O–H groups in total. The van der Waals surface area contributed by atoms with Gasteiger partial charge in [0, 0.05) is 19.7 Å². The fourth-order valence-corrected chi connectivity index (χ4v) is 1.29. The van der Waals surface area contributed by atoms with Gasteiger partial charge in [0.25, 0.3) is 0 Å². The van der Waals surface area contributed by atoms with Crippen LogP contribution in [0.4, 0.5) is 0 Å². The topological polar surface area (TPSA) is 72.7 Å². The van der Waals surface area contributed by atoms with Crippen molar-refractivity contribution in [3.63, 3.8) is 0 Å². The highest BCUT2D eigenvalue weighted by Crippen LogP contribution is 2.11. The van der Waals surface area contributed by atoms with Gasteiger partial charge >= 0.3 is 0 Å². The first-order chi connectivity index (χ1) is 5.24. The van der Waals surface area contributed by atoms with E-state index < -0.39 is 12.2 Å². The maximum atomic E-state index is 9.26. The predicted octanol–water partition coefficient (Wildman–Crippen LogP) is -1.69. The smallest absolute Gasteiger partial charge is 0.0923 e. The Balaban J connectivity index is 2.41. The summed E-state index contributed by atoms with van der Waals surface area (Å²) in [6.45, 7) is 1.15. The van der Waals surface area contributed by atoms with E-state index in [1.807, 2.05) is 0 Å². The minimum Gasteiger partial charge on any atom is -0.396 e. The second-order valence-electron chi connectivity index (χ2n) is 3.08. The summed E-state index contributed by atoms with van der Waals surface area (Å²) in [5, 5.41) is 30.2. The highest BCUT2D eigenvalue weighted by molar-refractivity contribution is 4.78. The summed E-state index contributed by atoms with van der Waals surface area (Å²) in [7, 11) is 0. The molecule has 1 aliphatic heterocycles. The molecule has 0 unspecified atom stereocenters. The van der Waals surface area contributed by atoms with Gasteiger partial charge in [0.05, 0.1) is 12.2 Å². The van der Waals surface area contributed by atoms with Crippen LogP contribution in [0.2, 0.25) is 0 Å². The number of aliphatic hydroxyl groups excluding tert-OH is 3. The van der Waals surface area contributed by atoms with Gasteiger partial charge < -0.3 is 20.6 Å². The van der Waals surface area contributed by atoms with Crippen LogP contribution in [0, 0.1) is 5.92 Å². The second kappa shape index (κ2) is 4.01. The van der Waals surface area contributed by atoms with Gasteiger partial charge in [0.1, 0.15) is 0 Å². The summed E-state index contributed by atoms with van der Waals surface area (Å²) in [5.41, 5.74) is 0. The van der Waals surface area contributed by atoms with Crippen LogP contribution in [0.15, 0.2) is 0 Å². The van der Waals surface area contributed by atoms with Crippen LogP contribution in [0.5, 0.6) is 0 Å². The van der Waals surface area contributed by atoms with Gasteiger partial charge in [-0.2, -0.15) is 0 Å². The third-order valence-electron chi connectivity index (χ3n) is 2.06. The van der Waals surface area contributed by atoms with Crippen LogP contribution < -0.4 is 5.32 Å².